The summed E-state index contributed by atoms with van der Waals surface area (Å²) in [5, 5.41) is 0. The Morgan fingerprint density at radius 2 is 1.00 bits per heavy atom. The summed E-state index contributed by atoms with van der Waals surface area (Å²) in [5.41, 5.74) is 8.93. The lowest BCUT2D eigenvalue weighted by Gasteiger charge is -2.26. The molecule has 0 spiro atoms. The monoisotopic (exact) mass is 427 g/mol. The van der Waals surface area contributed by atoms with Crippen LogP contribution in [0.1, 0.15) is 34.2 Å². The number of aryl methyl sites for hydroxylation is 1. The number of hydrogen-bond acceptors (Lipinski definition) is 3. The normalized spacial score (nSPS) is 17.2. The van der Waals surface area contributed by atoms with Crippen LogP contribution in [-0.2, 0) is 32.5 Å². The highest BCUT2D eigenvalue weighted by molar-refractivity contribution is 5.54. The highest BCUT2D eigenvalue weighted by Crippen LogP contribution is 2.24. The Bertz CT molecular complexity index is 988. The van der Waals surface area contributed by atoms with E-state index in [0.29, 0.717) is 0 Å². The highest BCUT2D eigenvalue weighted by atomic mass is 15.1. The van der Waals surface area contributed by atoms with Crippen LogP contribution in [0, 0.1) is 0 Å². The lowest BCUT2D eigenvalue weighted by molar-refractivity contribution is 0.313. The van der Waals surface area contributed by atoms with Gasteiger partial charge in [0.2, 0.25) is 0 Å². The van der Waals surface area contributed by atoms with Gasteiger partial charge >= 0.3 is 0 Å². The van der Waals surface area contributed by atoms with Gasteiger partial charge in [0.15, 0.2) is 0 Å². The van der Waals surface area contributed by atoms with Gasteiger partial charge in [-0.2, -0.15) is 0 Å². The molecule has 0 radical (unpaired) electrons. The zero-order valence-electron chi connectivity index (χ0n) is 19.9. The van der Waals surface area contributed by atoms with Gasteiger partial charge in [-0.3, -0.25) is 4.90 Å². The molecular weight excluding hydrogens is 390 g/mol. The van der Waals surface area contributed by atoms with Gasteiger partial charge in [0.25, 0.3) is 0 Å². The molecule has 0 fully saturated rings. The molecule has 0 aliphatic carbocycles. The van der Waals surface area contributed by atoms with Gasteiger partial charge in [-0.25, -0.2) is 0 Å². The molecule has 6 rings (SSSR count). The molecular formula is C29H37N3. The van der Waals surface area contributed by atoms with Crippen LogP contribution in [0.2, 0.25) is 0 Å². The van der Waals surface area contributed by atoms with E-state index in [1.165, 1.54) is 65.9 Å². The van der Waals surface area contributed by atoms with Gasteiger partial charge in [0.05, 0.1) is 0 Å². The number of fused-ring (bicyclic) bond motifs is 3. The van der Waals surface area contributed by atoms with E-state index in [4.69, 9.17) is 0 Å². The van der Waals surface area contributed by atoms with Gasteiger partial charge in [0.1, 0.15) is 0 Å². The van der Waals surface area contributed by atoms with Gasteiger partial charge < -0.3 is 9.80 Å². The molecule has 32 heavy (non-hydrogen) atoms. The summed E-state index contributed by atoms with van der Waals surface area (Å²) < 4.78 is 0. The third-order valence-electron chi connectivity index (χ3n) is 6.66. The molecule has 0 unspecified atom stereocenters. The van der Waals surface area contributed by atoms with E-state index in [2.05, 4.69) is 109 Å². The van der Waals surface area contributed by atoms with E-state index < -0.39 is 0 Å². The van der Waals surface area contributed by atoms with Crippen molar-refractivity contribution in [2.24, 2.45) is 0 Å². The average molecular weight is 428 g/mol. The summed E-state index contributed by atoms with van der Waals surface area (Å²) in [6.45, 7) is 5.77. The summed E-state index contributed by atoms with van der Waals surface area (Å²) in [7, 11) is 6.49. The number of benzene rings is 3. The van der Waals surface area contributed by atoms with E-state index in [9.17, 15) is 0 Å². The van der Waals surface area contributed by atoms with E-state index >= 15 is 0 Å². The van der Waals surface area contributed by atoms with E-state index in [1.54, 1.807) is 0 Å². The summed E-state index contributed by atoms with van der Waals surface area (Å²) in [4.78, 5) is 7.02. The summed E-state index contributed by atoms with van der Waals surface area (Å²) in [5.74, 6) is 0. The fourth-order valence-corrected chi connectivity index (χ4v) is 4.86. The van der Waals surface area contributed by atoms with Crippen LogP contribution in [0.25, 0.3) is 0 Å². The Morgan fingerprint density at radius 1 is 0.500 bits per heavy atom. The van der Waals surface area contributed by atoms with Crippen LogP contribution in [0.4, 0.5) is 5.69 Å². The maximum absolute atomic E-state index is 2.36. The average Bonchev–Trinajstić information content (AvgIpc) is 3.20. The van der Waals surface area contributed by atoms with Crippen LogP contribution in [0.5, 0.6) is 0 Å². The number of para-hydroxylation sites is 1. The standard InChI is InChI=1S/2C10H13N.C9H11N/c1-11-8-4-6-9-5-2-3-7-10(9)11;1-11-7-6-9-4-2-3-5-10(9)8-11;1-10-6-8-4-2-3-5-9(8)7-10/h2-3,5,7H,4,6,8H2,1H3;2-5H,6-8H2,1H3;2-5H,6-7H2,1H3. The van der Waals surface area contributed by atoms with Crippen LogP contribution in [0.15, 0.2) is 72.8 Å². The van der Waals surface area contributed by atoms with Gasteiger partial charge in [-0.05, 0) is 67.2 Å². The quantitative estimate of drug-likeness (QED) is 0.477. The molecule has 3 aliphatic rings. The number of rotatable bonds is 0. The molecule has 0 bridgehead atoms. The predicted octanol–water partition coefficient (Wildman–Crippen LogP) is 5.38. The third kappa shape index (κ3) is 5.79. The second-order valence-corrected chi connectivity index (χ2v) is 9.35. The fraction of sp³-hybridized carbons (Fsp3) is 0.379. The molecule has 3 heteroatoms. The van der Waals surface area contributed by atoms with E-state index in [0.717, 1.165) is 19.6 Å². The second-order valence-electron chi connectivity index (χ2n) is 9.35. The lowest BCUT2D eigenvalue weighted by Crippen LogP contribution is -2.26. The summed E-state index contributed by atoms with van der Waals surface area (Å²) in [6.07, 6.45) is 3.76. The second kappa shape index (κ2) is 10.8. The molecule has 3 aromatic carbocycles. The maximum atomic E-state index is 2.36. The smallest absolute Gasteiger partial charge is 0.0396 e. The fourth-order valence-electron chi connectivity index (χ4n) is 4.86. The number of likely N-dealkylation sites (N-methyl/N-ethyl adjacent to an activating group) is 1. The first-order chi connectivity index (χ1) is 15.6. The van der Waals surface area contributed by atoms with Gasteiger partial charge in [0, 0.05) is 45.5 Å². The number of nitrogens with zero attached hydrogens (tertiary/aromatic N) is 3. The Labute approximate surface area is 194 Å². The van der Waals surface area contributed by atoms with E-state index in [1.807, 2.05) is 0 Å². The SMILES string of the molecule is CN1CCCc2ccccc21.CN1CCc2ccccc2C1.CN1Cc2ccccc2C1. The molecule has 3 aromatic rings. The Kier molecular flexibility index (Phi) is 7.62. The minimum Gasteiger partial charge on any atom is -0.374 e. The van der Waals surface area contributed by atoms with Crippen molar-refractivity contribution in [1.82, 2.24) is 9.80 Å². The van der Waals surface area contributed by atoms with Crippen LogP contribution in [-0.4, -0.2) is 44.0 Å². The van der Waals surface area contributed by atoms with Crippen molar-refractivity contribution < 1.29 is 0 Å². The van der Waals surface area contributed by atoms with Crippen molar-refractivity contribution in [3.8, 4) is 0 Å². The van der Waals surface area contributed by atoms with Crippen LogP contribution < -0.4 is 4.90 Å². The minimum absolute atomic E-state index is 1.12. The van der Waals surface area contributed by atoms with Crippen molar-refractivity contribution in [3.05, 3.63) is 101 Å². The van der Waals surface area contributed by atoms with Crippen molar-refractivity contribution >= 4 is 5.69 Å². The van der Waals surface area contributed by atoms with Crippen molar-refractivity contribution in [3.63, 3.8) is 0 Å². The minimum atomic E-state index is 1.12. The van der Waals surface area contributed by atoms with Crippen molar-refractivity contribution in [2.45, 2.75) is 38.9 Å². The summed E-state index contributed by atoms with van der Waals surface area (Å²) in [6, 6.07) is 26.0. The molecule has 3 heterocycles. The molecule has 0 amide bonds. The Hall–Kier alpha value is -2.62. The van der Waals surface area contributed by atoms with Crippen molar-refractivity contribution in [2.75, 3.05) is 39.1 Å². The number of hydrogen-bond donors (Lipinski definition) is 0. The van der Waals surface area contributed by atoms with Gasteiger partial charge in [-0.1, -0.05) is 66.7 Å². The van der Waals surface area contributed by atoms with Gasteiger partial charge in [-0.15, -0.1) is 0 Å². The first kappa shape index (κ1) is 22.6. The van der Waals surface area contributed by atoms with Crippen molar-refractivity contribution in [1.29, 1.82) is 0 Å². The molecule has 3 nitrogen and oxygen atoms in total. The van der Waals surface area contributed by atoms with Crippen LogP contribution in [0.3, 0.4) is 0 Å². The Morgan fingerprint density at radius 3 is 1.62 bits per heavy atom. The zero-order valence-corrected chi connectivity index (χ0v) is 19.9. The molecule has 0 atom stereocenters. The molecule has 0 saturated heterocycles. The topological polar surface area (TPSA) is 9.72 Å². The Balaban J connectivity index is 0.000000115. The molecule has 168 valence electrons. The van der Waals surface area contributed by atoms with E-state index in [-0.39, 0.29) is 0 Å². The van der Waals surface area contributed by atoms with Crippen LogP contribution >= 0.6 is 0 Å². The summed E-state index contributed by atoms with van der Waals surface area (Å²) >= 11 is 0. The third-order valence-corrected chi connectivity index (χ3v) is 6.66. The first-order valence-corrected chi connectivity index (χ1v) is 11.9. The number of anilines is 1. The molecule has 0 N–H and O–H groups in total. The highest BCUT2D eigenvalue weighted by Gasteiger charge is 2.13. The lowest BCUT2D eigenvalue weighted by atomic mass is 10.0. The predicted molar refractivity (Wildman–Crippen MR) is 136 cm³/mol. The molecule has 0 saturated carbocycles. The molecule has 3 aliphatic heterocycles. The maximum Gasteiger partial charge on any atom is 0.0396 e. The first-order valence-electron chi connectivity index (χ1n) is 11.9. The zero-order chi connectivity index (χ0) is 22.3. The molecule has 0 aromatic heterocycles. The largest absolute Gasteiger partial charge is 0.374 e.